The average Bonchev–Trinajstić information content (AvgIpc) is 2.24. The summed E-state index contributed by atoms with van der Waals surface area (Å²) in [6.07, 6.45) is -0.817. The van der Waals surface area contributed by atoms with Crippen molar-refractivity contribution in [3.63, 3.8) is 0 Å². The lowest BCUT2D eigenvalue weighted by Gasteiger charge is -2.30. The largest absolute Gasteiger partial charge is 0.297 e. The van der Waals surface area contributed by atoms with Crippen molar-refractivity contribution < 1.29 is 12.6 Å². The number of benzene rings is 1. The molecule has 1 aromatic carbocycles. The van der Waals surface area contributed by atoms with E-state index in [9.17, 15) is 8.42 Å². The molecular formula is C13H18Cl2O3S. The predicted molar refractivity (Wildman–Crippen MR) is 78.2 cm³/mol. The molecule has 0 N–H and O–H groups in total. The Kier molecular flexibility index (Phi) is 5.29. The molecule has 0 saturated heterocycles. The van der Waals surface area contributed by atoms with Crippen molar-refractivity contribution in [2.45, 2.75) is 43.5 Å². The lowest BCUT2D eigenvalue weighted by Crippen LogP contribution is -2.36. The van der Waals surface area contributed by atoms with Crippen LogP contribution in [0.4, 0.5) is 0 Å². The fraction of sp³-hybridized carbons (Fsp3) is 0.538. The van der Waals surface area contributed by atoms with Gasteiger partial charge in [-0.05, 0) is 24.5 Å². The highest BCUT2D eigenvalue weighted by Crippen LogP contribution is 2.32. The Morgan fingerprint density at radius 3 is 1.95 bits per heavy atom. The van der Waals surface area contributed by atoms with E-state index < -0.39 is 26.5 Å². The van der Waals surface area contributed by atoms with Crippen LogP contribution in [0.5, 0.6) is 0 Å². The number of hydrogen-bond acceptors (Lipinski definition) is 3. The highest BCUT2D eigenvalue weighted by Gasteiger charge is 2.35. The molecule has 1 aromatic rings. The van der Waals surface area contributed by atoms with Gasteiger partial charge in [0, 0.05) is 0 Å². The first-order chi connectivity index (χ1) is 8.54. The van der Waals surface area contributed by atoms with Gasteiger partial charge in [0.25, 0.3) is 10.1 Å². The first-order valence-electron chi connectivity index (χ1n) is 5.82. The molecule has 0 aliphatic carbocycles. The van der Waals surface area contributed by atoms with Gasteiger partial charge >= 0.3 is 0 Å². The molecular weight excluding hydrogens is 307 g/mol. The summed E-state index contributed by atoms with van der Waals surface area (Å²) in [5.74, 6) is 0. The van der Waals surface area contributed by atoms with Crippen LogP contribution in [0.25, 0.3) is 0 Å². The van der Waals surface area contributed by atoms with E-state index in [4.69, 9.17) is 27.4 Å². The molecule has 6 heteroatoms. The third-order valence-corrected chi connectivity index (χ3v) is 4.39. The predicted octanol–water partition coefficient (Wildman–Crippen LogP) is 3.92. The average molecular weight is 325 g/mol. The van der Waals surface area contributed by atoms with Crippen LogP contribution >= 0.6 is 23.2 Å². The minimum absolute atomic E-state index is 0.0985. The summed E-state index contributed by atoms with van der Waals surface area (Å²) >= 11 is 11.6. The first-order valence-corrected chi connectivity index (χ1v) is 8.10. The minimum Gasteiger partial charge on any atom is -0.260 e. The van der Waals surface area contributed by atoms with Gasteiger partial charge in [0.15, 0.2) is 0 Å². The van der Waals surface area contributed by atoms with Gasteiger partial charge < -0.3 is 0 Å². The summed E-state index contributed by atoms with van der Waals surface area (Å²) in [5, 5.41) is 0. The molecule has 0 heterocycles. The second-order valence-corrected chi connectivity index (χ2v) is 8.22. The minimum atomic E-state index is -3.87. The zero-order chi connectivity index (χ0) is 14.8. The molecule has 1 rings (SSSR count). The third kappa shape index (κ3) is 4.63. The third-order valence-electron chi connectivity index (χ3n) is 2.62. The van der Waals surface area contributed by atoms with E-state index in [2.05, 4.69) is 0 Å². The molecule has 0 spiro atoms. The molecule has 0 aromatic heterocycles. The maximum atomic E-state index is 12.2. The fourth-order valence-corrected chi connectivity index (χ4v) is 3.70. The molecule has 0 saturated carbocycles. The van der Waals surface area contributed by atoms with Crippen LogP contribution in [0, 0.1) is 12.3 Å². The van der Waals surface area contributed by atoms with Crippen LogP contribution in [0.15, 0.2) is 29.2 Å². The summed E-state index contributed by atoms with van der Waals surface area (Å²) in [7, 11) is -3.87. The smallest absolute Gasteiger partial charge is 0.260 e. The molecule has 108 valence electrons. The lowest BCUT2D eigenvalue weighted by atomic mass is 9.90. The van der Waals surface area contributed by atoms with Gasteiger partial charge in [-0.2, -0.15) is 8.42 Å². The van der Waals surface area contributed by atoms with Crippen molar-refractivity contribution in [3.8, 4) is 0 Å². The van der Waals surface area contributed by atoms with Crippen LogP contribution in [0.3, 0.4) is 0 Å². The summed E-state index contributed by atoms with van der Waals surface area (Å²) in [6.45, 7) is 7.34. The van der Waals surface area contributed by atoms with Gasteiger partial charge in [-0.3, -0.25) is 4.18 Å². The standard InChI is InChI=1S/C13H18Cl2O3S/c1-9-5-7-10(8-6-9)19(16,17)18-11(12(14)15)13(2,3)4/h5-8,11-12H,1-4H3. The quantitative estimate of drug-likeness (QED) is 0.622. The molecule has 19 heavy (non-hydrogen) atoms. The summed E-state index contributed by atoms with van der Waals surface area (Å²) in [6, 6.07) is 6.42. The van der Waals surface area contributed by atoms with Gasteiger partial charge in [0.2, 0.25) is 0 Å². The van der Waals surface area contributed by atoms with Crippen molar-refractivity contribution in [3.05, 3.63) is 29.8 Å². The van der Waals surface area contributed by atoms with E-state index in [0.717, 1.165) is 5.56 Å². The maximum Gasteiger partial charge on any atom is 0.297 e. The van der Waals surface area contributed by atoms with Gasteiger partial charge in [-0.25, -0.2) is 0 Å². The fourth-order valence-electron chi connectivity index (χ4n) is 1.46. The lowest BCUT2D eigenvalue weighted by molar-refractivity contribution is 0.105. The highest BCUT2D eigenvalue weighted by molar-refractivity contribution is 7.86. The van der Waals surface area contributed by atoms with E-state index in [1.165, 1.54) is 12.1 Å². The summed E-state index contributed by atoms with van der Waals surface area (Å²) in [5.41, 5.74) is 0.477. The first kappa shape index (κ1) is 16.8. The zero-order valence-corrected chi connectivity index (χ0v) is 13.7. The second kappa shape index (κ2) is 6.00. The molecule has 1 atom stereocenters. The van der Waals surface area contributed by atoms with Crippen LogP contribution in [0.1, 0.15) is 26.3 Å². The Hall–Kier alpha value is -0.290. The molecule has 0 radical (unpaired) electrons. The Labute approximate surface area is 125 Å². The van der Waals surface area contributed by atoms with Gasteiger partial charge in [-0.1, -0.05) is 38.5 Å². The Morgan fingerprint density at radius 1 is 1.11 bits per heavy atom. The number of halogens is 2. The topological polar surface area (TPSA) is 43.4 Å². The van der Waals surface area contributed by atoms with Crippen molar-refractivity contribution in [1.29, 1.82) is 0 Å². The Balaban J connectivity index is 3.04. The van der Waals surface area contributed by atoms with Crippen LogP contribution in [-0.4, -0.2) is 19.4 Å². The SMILES string of the molecule is Cc1ccc(S(=O)(=O)OC(C(Cl)Cl)C(C)(C)C)cc1. The van der Waals surface area contributed by atoms with E-state index >= 15 is 0 Å². The molecule has 0 bridgehead atoms. The zero-order valence-electron chi connectivity index (χ0n) is 11.4. The molecule has 0 aliphatic rings. The van der Waals surface area contributed by atoms with Gasteiger partial charge in [0.05, 0.1) is 4.90 Å². The summed E-state index contributed by atoms with van der Waals surface area (Å²) < 4.78 is 29.5. The van der Waals surface area contributed by atoms with Crippen LogP contribution in [-0.2, 0) is 14.3 Å². The van der Waals surface area contributed by atoms with E-state index in [-0.39, 0.29) is 4.90 Å². The Morgan fingerprint density at radius 2 is 1.58 bits per heavy atom. The van der Waals surface area contributed by atoms with Crippen molar-refractivity contribution in [2.24, 2.45) is 5.41 Å². The maximum absolute atomic E-state index is 12.2. The molecule has 3 nitrogen and oxygen atoms in total. The number of alkyl halides is 2. The molecule has 0 amide bonds. The van der Waals surface area contributed by atoms with E-state index in [1.54, 1.807) is 12.1 Å². The van der Waals surface area contributed by atoms with E-state index in [1.807, 2.05) is 27.7 Å². The normalized spacial score (nSPS) is 14.7. The number of aryl methyl sites for hydroxylation is 1. The van der Waals surface area contributed by atoms with Gasteiger partial charge in [0.1, 0.15) is 10.9 Å². The number of hydrogen-bond donors (Lipinski definition) is 0. The van der Waals surface area contributed by atoms with Crippen LogP contribution in [0.2, 0.25) is 0 Å². The Bertz CT molecular complexity index is 516. The summed E-state index contributed by atoms with van der Waals surface area (Å²) in [4.78, 5) is -0.832. The van der Waals surface area contributed by atoms with Crippen molar-refractivity contribution in [2.75, 3.05) is 0 Å². The van der Waals surface area contributed by atoms with Crippen molar-refractivity contribution >= 4 is 33.3 Å². The molecule has 1 unspecified atom stereocenters. The van der Waals surface area contributed by atoms with Crippen molar-refractivity contribution in [1.82, 2.24) is 0 Å². The molecule has 0 aliphatic heterocycles. The molecule has 0 fully saturated rings. The second-order valence-electron chi connectivity index (χ2n) is 5.48. The van der Waals surface area contributed by atoms with E-state index in [0.29, 0.717) is 0 Å². The van der Waals surface area contributed by atoms with Gasteiger partial charge in [-0.15, -0.1) is 23.2 Å². The number of rotatable bonds is 4. The van der Waals surface area contributed by atoms with Crippen LogP contribution < -0.4 is 0 Å². The highest BCUT2D eigenvalue weighted by atomic mass is 35.5. The monoisotopic (exact) mass is 324 g/mol.